The molecule has 1 aliphatic carbocycles. The summed E-state index contributed by atoms with van der Waals surface area (Å²) >= 11 is 1.63. The van der Waals surface area contributed by atoms with E-state index >= 15 is 0 Å². The predicted molar refractivity (Wildman–Crippen MR) is 91.8 cm³/mol. The lowest BCUT2D eigenvalue weighted by molar-refractivity contribution is 0.488. The quantitative estimate of drug-likeness (QED) is 0.711. The Morgan fingerprint density at radius 1 is 1.12 bits per heavy atom. The third kappa shape index (κ3) is 2.22. The molecule has 0 aromatic carbocycles. The Morgan fingerprint density at radius 3 is 2.67 bits per heavy atom. The summed E-state index contributed by atoms with van der Waals surface area (Å²) in [7, 11) is 2.09. The maximum atomic E-state index is 4.76. The fraction of sp³-hybridized carbons (Fsp3) is 0.533. The van der Waals surface area contributed by atoms with Crippen LogP contribution in [0.15, 0.2) is 12.1 Å². The monoisotopic (exact) mass is 342 g/mol. The lowest BCUT2D eigenvalue weighted by Crippen LogP contribution is -2.59. The van der Waals surface area contributed by atoms with Crippen LogP contribution >= 0.6 is 11.3 Å². The van der Waals surface area contributed by atoms with Gasteiger partial charge in [-0.25, -0.2) is 0 Å². The van der Waals surface area contributed by atoms with Crippen molar-refractivity contribution in [1.29, 1.82) is 0 Å². The third-order valence-electron chi connectivity index (χ3n) is 4.77. The Morgan fingerprint density at radius 2 is 1.96 bits per heavy atom. The van der Waals surface area contributed by atoms with Gasteiger partial charge >= 0.3 is 0 Å². The molecule has 8 nitrogen and oxygen atoms in total. The van der Waals surface area contributed by atoms with Crippen molar-refractivity contribution in [3.63, 3.8) is 0 Å². The second-order valence-electron chi connectivity index (χ2n) is 6.57. The number of anilines is 2. The van der Waals surface area contributed by atoms with Gasteiger partial charge in [0.25, 0.3) is 0 Å². The van der Waals surface area contributed by atoms with Gasteiger partial charge in [-0.15, -0.1) is 25.5 Å². The zero-order chi connectivity index (χ0) is 16.3. The molecule has 4 heterocycles. The number of hydrogen-bond acceptors (Lipinski definition) is 8. The molecule has 1 aliphatic heterocycles. The molecule has 0 unspecified atom stereocenters. The van der Waals surface area contributed by atoms with Crippen molar-refractivity contribution in [3.8, 4) is 0 Å². The summed E-state index contributed by atoms with van der Waals surface area (Å²) in [5, 5.41) is 23.6. The van der Waals surface area contributed by atoms with Gasteiger partial charge in [-0.05, 0) is 31.9 Å². The van der Waals surface area contributed by atoms with E-state index in [0.29, 0.717) is 12.0 Å². The maximum absolute atomic E-state index is 4.76. The van der Waals surface area contributed by atoms with Gasteiger partial charge in [-0.3, -0.25) is 0 Å². The van der Waals surface area contributed by atoms with Crippen molar-refractivity contribution in [1.82, 2.24) is 30.0 Å². The smallest absolute Gasteiger partial charge is 0.208 e. The summed E-state index contributed by atoms with van der Waals surface area (Å²) in [6.45, 7) is 3.86. The Bertz CT molecular complexity index is 892. The second kappa shape index (κ2) is 5.10. The summed E-state index contributed by atoms with van der Waals surface area (Å²) in [4.78, 5) is 4.50. The van der Waals surface area contributed by atoms with Gasteiger partial charge in [-0.1, -0.05) is 11.3 Å². The minimum absolute atomic E-state index is 0.443. The summed E-state index contributed by atoms with van der Waals surface area (Å²) in [5.41, 5.74) is 0.833. The van der Waals surface area contributed by atoms with Crippen LogP contribution in [-0.4, -0.2) is 56.2 Å². The fourth-order valence-electron chi connectivity index (χ4n) is 3.03. The highest BCUT2D eigenvalue weighted by Crippen LogP contribution is 2.39. The van der Waals surface area contributed by atoms with E-state index in [1.807, 2.05) is 23.6 Å². The van der Waals surface area contributed by atoms with Gasteiger partial charge in [0.2, 0.25) is 5.13 Å². The first kappa shape index (κ1) is 14.1. The van der Waals surface area contributed by atoms with E-state index in [0.717, 1.165) is 40.5 Å². The molecule has 3 aromatic heterocycles. The molecule has 0 amide bonds. The van der Waals surface area contributed by atoms with E-state index in [2.05, 4.69) is 37.2 Å². The third-order valence-corrected chi connectivity index (χ3v) is 5.70. The molecule has 0 bridgehead atoms. The molecule has 0 radical (unpaired) electrons. The van der Waals surface area contributed by atoms with E-state index in [9.17, 15) is 0 Å². The highest BCUT2D eigenvalue weighted by atomic mass is 32.1. The zero-order valence-corrected chi connectivity index (χ0v) is 14.4. The Labute approximate surface area is 143 Å². The van der Waals surface area contributed by atoms with Crippen LogP contribution in [0.25, 0.3) is 5.65 Å². The summed E-state index contributed by atoms with van der Waals surface area (Å²) in [6, 6.07) is 4.48. The molecule has 124 valence electrons. The maximum Gasteiger partial charge on any atom is 0.208 e. The van der Waals surface area contributed by atoms with E-state index in [1.54, 1.807) is 11.3 Å². The molecule has 1 saturated heterocycles. The molecular weight excluding hydrogens is 324 g/mol. The average molecular weight is 342 g/mol. The average Bonchev–Trinajstić information content (AvgIpc) is 3.14. The first-order chi connectivity index (χ1) is 11.7. The normalized spacial score (nSPS) is 18.2. The topological polar surface area (TPSA) is 75.3 Å². The highest BCUT2D eigenvalue weighted by Gasteiger charge is 2.33. The molecule has 0 atom stereocenters. The first-order valence-corrected chi connectivity index (χ1v) is 9.01. The fourth-order valence-corrected chi connectivity index (χ4v) is 3.75. The van der Waals surface area contributed by atoms with Crippen LogP contribution < -0.4 is 9.80 Å². The molecule has 1 saturated carbocycles. The van der Waals surface area contributed by atoms with Crippen LogP contribution in [-0.2, 0) is 0 Å². The van der Waals surface area contributed by atoms with E-state index in [4.69, 9.17) is 5.10 Å². The molecule has 2 aliphatic rings. The lowest BCUT2D eigenvalue weighted by Gasteiger charge is -2.44. The molecule has 9 heteroatoms. The van der Waals surface area contributed by atoms with Crippen molar-refractivity contribution < 1.29 is 0 Å². The number of aryl methyl sites for hydroxylation is 1. The molecular formula is C15H18N8S. The molecule has 2 fully saturated rings. The number of hydrogen-bond donors (Lipinski definition) is 0. The summed E-state index contributed by atoms with van der Waals surface area (Å²) in [5.74, 6) is 2.53. The molecule has 0 N–H and O–H groups in total. The van der Waals surface area contributed by atoms with Gasteiger partial charge in [-0.2, -0.15) is 4.52 Å². The lowest BCUT2D eigenvalue weighted by atomic mass is 10.1. The van der Waals surface area contributed by atoms with Crippen molar-refractivity contribution in [2.24, 2.45) is 0 Å². The summed E-state index contributed by atoms with van der Waals surface area (Å²) < 4.78 is 1.91. The highest BCUT2D eigenvalue weighted by molar-refractivity contribution is 7.15. The molecule has 24 heavy (non-hydrogen) atoms. The van der Waals surface area contributed by atoms with Crippen molar-refractivity contribution >= 4 is 27.9 Å². The molecule has 3 aromatic rings. The van der Waals surface area contributed by atoms with Crippen LogP contribution in [0.1, 0.15) is 29.6 Å². The minimum atomic E-state index is 0.443. The molecule has 0 spiro atoms. The standard InChI is InChI=1S/C15H18N8S/c1-9-16-19-15(24-9)21(2)11-7-22(8-11)13-6-5-12-17-18-14(10-3-4-10)23(12)20-13/h5-6,10-11H,3-4,7-8H2,1-2H3. The first-order valence-electron chi connectivity index (χ1n) is 8.19. The zero-order valence-electron chi connectivity index (χ0n) is 13.6. The number of likely N-dealkylation sites (N-methyl/N-ethyl adjacent to an activating group) is 1. The van der Waals surface area contributed by atoms with Gasteiger partial charge in [0.15, 0.2) is 11.5 Å². The number of fused-ring (bicyclic) bond motifs is 1. The van der Waals surface area contributed by atoms with Crippen molar-refractivity contribution in [2.75, 3.05) is 29.9 Å². The van der Waals surface area contributed by atoms with Crippen LogP contribution in [0.5, 0.6) is 0 Å². The van der Waals surface area contributed by atoms with E-state index < -0.39 is 0 Å². The van der Waals surface area contributed by atoms with Crippen LogP contribution in [0.2, 0.25) is 0 Å². The van der Waals surface area contributed by atoms with E-state index in [1.165, 1.54) is 12.8 Å². The minimum Gasteiger partial charge on any atom is -0.351 e. The van der Waals surface area contributed by atoms with E-state index in [-0.39, 0.29) is 0 Å². The van der Waals surface area contributed by atoms with Gasteiger partial charge in [0, 0.05) is 26.1 Å². The van der Waals surface area contributed by atoms with Gasteiger partial charge in [0.1, 0.15) is 10.8 Å². The van der Waals surface area contributed by atoms with Crippen LogP contribution in [0.3, 0.4) is 0 Å². The molecule has 5 rings (SSSR count). The van der Waals surface area contributed by atoms with Crippen LogP contribution in [0.4, 0.5) is 10.9 Å². The SMILES string of the molecule is Cc1nnc(N(C)C2CN(c3ccc4nnc(C5CC5)n4n3)C2)s1. The number of aromatic nitrogens is 6. The summed E-state index contributed by atoms with van der Waals surface area (Å²) in [6.07, 6.45) is 2.40. The Balaban J connectivity index is 1.33. The number of rotatable bonds is 4. The van der Waals surface area contributed by atoms with Crippen molar-refractivity contribution in [2.45, 2.75) is 31.7 Å². The van der Waals surface area contributed by atoms with Gasteiger partial charge in [0.05, 0.1) is 6.04 Å². The van der Waals surface area contributed by atoms with Crippen molar-refractivity contribution in [3.05, 3.63) is 23.0 Å². The second-order valence-corrected chi connectivity index (χ2v) is 7.73. The van der Waals surface area contributed by atoms with Crippen LogP contribution in [0, 0.1) is 6.92 Å². The van der Waals surface area contributed by atoms with Gasteiger partial charge < -0.3 is 9.80 Å². The predicted octanol–water partition coefficient (Wildman–Crippen LogP) is 1.49. The number of nitrogens with zero attached hydrogens (tertiary/aromatic N) is 8. The Kier molecular flexibility index (Phi) is 2.99. The Hall–Kier alpha value is -2.29. The largest absolute Gasteiger partial charge is 0.351 e.